The summed E-state index contributed by atoms with van der Waals surface area (Å²) in [5.74, 6) is 0. The van der Waals surface area contributed by atoms with E-state index in [4.69, 9.17) is 26.8 Å². The molecule has 0 atom stereocenters. The van der Waals surface area contributed by atoms with Crippen LogP contribution in [0.25, 0.3) is 20.4 Å². The molecular weight excluding hydrogens is 280 g/mol. The second-order valence-electron chi connectivity index (χ2n) is 3.89. The number of nitrogen functional groups attached to an aromatic ring is 2. The minimum Gasteiger partial charge on any atom is -0.399 e. The van der Waals surface area contributed by atoms with Crippen LogP contribution in [0.5, 0.6) is 0 Å². The average molecular weight is 290 g/mol. The third-order valence-electron chi connectivity index (χ3n) is 2.43. The molecule has 0 aliphatic heterocycles. The molecule has 1 heterocycles. The Morgan fingerprint density at radius 1 is 0.950 bits per heavy atom. The Bertz CT molecular complexity index is 733. The van der Waals surface area contributed by atoms with E-state index in [-0.39, 0.29) is 0 Å². The third kappa shape index (κ3) is 3.18. The summed E-state index contributed by atoms with van der Waals surface area (Å²) in [5.41, 5.74) is 15.0. The maximum absolute atomic E-state index is 8.25. The summed E-state index contributed by atoms with van der Waals surface area (Å²) in [6.07, 6.45) is 0. The van der Waals surface area contributed by atoms with Crippen molar-refractivity contribution in [2.24, 2.45) is 0 Å². The van der Waals surface area contributed by atoms with Crippen molar-refractivity contribution < 1.29 is 5.09 Å². The SMILES string of the molecule is Nc1ccc2nc3ccc(N)cc3[s+]c2c1.O=[N+]([O-])[O-]. The molecule has 0 radical (unpaired) electrons. The maximum atomic E-state index is 8.25. The summed E-state index contributed by atoms with van der Waals surface area (Å²) in [6, 6.07) is 11.5. The quantitative estimate of drug-likeness (QED) is 0.215. The number of hydrogen-bond donors (Lipinski definition) is 2. The molecule has 8 heteroatoms. The molecule has 20 heavy (non-hydrogen) atoms. The Hall–Kier alpha value is -2.74. The van der Waals surface area contributed by atoms with Gasteiger partial charge in [0.25, 0.3) is 9.40 Å². The number of anilines is 2. The predicted molar refractivity (Wildman–Crippen MR) is 80.7 cm³/mol. The van der Waals surface area contributed by atoms with Gasteiger partial charge in [-0.05, 0) is 24.3 Å². The van der Waals surface area contributed by atoms with Gasteiger partial charge < -0.3 is 26.8 Å². The van der Waals surface area contributed by atoms with Crippen LogP contribution >= 0.6 is 11.3 Å². The number of rotatable bonds is 0. The molecule has 0 saturated heterocycles. The second kappa shape index (κ2) is 5.49. The van der Waals surface area contributed by atoms with Gasteiger partial charge in [-0.1, -0.05) is 0 Å². The minimum atomic E-state index is -1.75. The molecular formula is C12H10N4O3S. The van der Waals surface area contributed by atoms with Gasteiger partial charge in [0.05, 0.1) is 5.09 Å². The van der Waals surface area contributed by atoms with Crippen LogP contribution in [0.3, 0.4) is 0 Å². The first-order valence-electron chi connectivity index (χ1n) is 5.46. The number of aromatic nitrogens is 1. The van der Waals surface area contributed by atoms with Crippen LogP contribution in [0.1, 0.15) is 0 Å². The zero-order valence-electron chi connectivity index (χ0n) is 10.1. The van der Waals surface area contributed by atoms with Crippen LogP contribution in [0.2, 0.25) is 0 Å². The van der Waals surface area contributed by atoms with E-state index in [1.165, 1.54) is 0 Å². The van der Waals surface area contributed by atoms with Gasteiger partial charge in [-0.15, -0.1) is 0 Å². The summed E-state index contributed by atoms with van der Waals surface area (Å²) in [5, 5.41) is 14.8. The Labute approximate surface area is 117 Å². The predicted octanol–water partition coefficient (Wildman–Crippen LogP) is 2.66. The van der Waals surface area contributed by atoms with Crippen LogP contribution in [-0.4, -0.2) is 10.1 Å². The van der Waals surface area contributed by atoms with E-state index in [2.05, 4.69) is 4.98 Å². The van der Waals surface area contributed by atoms with E-state index < -0.39 is 5.09 Å². The van der Waals surface area contributed by atoms with E-state index in [1.54, 1.807) is 11.3 Å². The Kier molecular flexibility index (Phi) is 3.76. The first kappa shape index (κ1) is 13.7. The fourth-order valence-corrected chi connectivity index (χ4v) is 2.72. The molecule has 0 aliphatic carbocycles. The molecule has 3 rings (SSSR count). The molecule has 0 unspecified atom stereocenters. The lowest BCUT2D eigenvalue weighted by atomic mass is 10.3. The number of nitrogens with zero attached hydrogens (tertiary/aromatic N) is 2. The zero-order valence-corrected chi connectivity index (χ0v) is 11.0. The normalized spacial score (nSPS) is 10.0. The highest BCUT2D eigenvalue weighted by Crippen LogP contribution is 2.28. The lowest BCUT2D eigenvalue weighted by Gasteiger charge is -1.94. The lowest BCUT2D eigenvalue weighted by Crippen LogP contribution is -1.87. The van der Waals surface area contributed by atoms with Crippen molar-refractivity contribution in [3.63, 3.8) is 0 Å². The van der Waals surface area contributed by atoms with E-state index in [9.17, 15) is 0 Å². The lowest BCUT2D eigenvalue weighted by molar-refractivity contribution is -0.402. The van der Waals surface area contributed by atoms with Gasteiger partial charge in [-0.2, -0.15) is 0 Å². The number of fused-ring (bicyclic) bond motifs is 2. The highest BCUT2D eigenvalue weighted by molar-refractivity contribution is 7.24. The van der Waals surface area contributed by atoms with E-state index in [0.717, 1.165) is 31.8 Å². The molecule has 4 N–H and O–H groups in total. The minimum absolute atomic E-state index is 0.758. The van der Waals surface area contributed by atoms with Crippen molar-refractivity contribution in [2.75, 3.05) is 11.5 Å². The molecule has 0 aliphatic rings. The second-order valence-corrected chi connectivity index (χ2v) is 4.98. The summed E-state index contributed by atoms with van der Waals surface area (Å²) in [4.78, 5) is 12.8. The summed E-state index contributed by atoms with van der Waals surface area (Å²) < 4.78 is 2.16. The fraction of sp³-hybridized carbons (Fsp3) is 0. The van der Waals surface area contributed by atoms with Crippen LogP contribution in [0.15, 0.2) is 36.4 Å². The summed E-state index contributed by atoms with van der Waals surface area (Å²) in [7, 11) is 0. The Morgan fingerprint density at radius 2 is 1.35 bits per heavy atom. The van der Waals surface area contributed by atoms with Gasteiger partial charge in [0.2, 0.25) is 11.3 Å². The molecule has 7 nitrogen and oxygen atoms in total. The van der Waals surface area contributed by atoms with Crippen molar-refractivity contribution in [3.8, 4) is 0 Å². The smallest absolute Gasteiger partial charge is 0.259 e. The van der Waals surface area contributed by atoms with Gasteiger partial charge in [-0.25, -0.2) is 4.98 Å². The van der Waals surface area contributed by atoms with E-state index >= 15 is 0 Å². The Balaban J connectivity index is 0.000000328. The van der Waals surface area contributed by atoms with E-state index in [0.29, 0.717) is 0 Å². The molecule has 0 fully saturated rings. The molecule has 0 bridgehead atoms. The van der Waals surface area contributed by atoms with Gasteiger partial charge in [0.15, 0.2) is 0 Å². The summed E-state index contributed by atoms with van der Waals surface area (Å²) >= 11 is 1.66. The van der Waals surface area contributed by atoms with E-state index in [1.807, 2.05) is 36.4 Å². The topological polar surface area (TPSA) is 131 Å². The van der Waals surface area contributed by atoms with Crippen molar-refractivity contribution in [1.82, 2.24) is 4.98 Å². The molecule has 102 valence electrons. The van der Waals surface area contributed by atoms with Crippen molar-refractivity contribution in [1.29, 1.82) is 0 Å². The highest BCUT2D eigenvalue weighted by atomic mass is 32.1. The summed E-state index contributed by atoms with van der Waals surface area (Å²) in [6.45, 7) is 0. The van der Waals surface area contributed by atoms with Crippen molar-refractivity contribution >= 4 is 43.1 Å². The molecule has 0 amide bonds. The van der Waals surface area contributed by atoms with Gasteiger partial charge >= 0.3 is 0 Å². The molecule has 0 saturated carbocycles. The maximum Gasteiger partial charge on any atom is 0.259 e. The van der Waals surface area contributed by atoms with Crippen LogP contribution in [0, 0.1) is 15.3 Å². The monoisotopic (exact) mass is 290 g/mol. The van der Waals surface area contributed by atoms with Gasteiger partial charge in [0, 0.05) is 23.5 Å². The van der Waals surface area contributed by atoms with Crippen LogP contribution < -0.4 is 11.5 Å². The largest absolute Gasteiger partial charge is 0.399 e. The number of benzene rings is 2. The van der Waals surface area contributed by atoms with Crippen LogP contribution in [0.4, 0.5) is 11.4 Å². The number of hydrogen-bond acceptors (Lipinski definition) is 6. The molecule has 0 spiro atoms. The average Bonchev–Trinajstić information content (AvgIpc) is 2.35. The molecule has 1 aromatic heterocycles. The number of nitrogens with two attached hydrogens (primary N) is 2. The van der Waals surface area contributed by atoms with Crippen molar-refractivity contribution in [2.45, 2.75) is 0 Å². The third-order valence-corrected chi connectivity index (χ3v) is 3.52. The highest BCUT2D eigenvalue weighted by Gasteiger charge is 2.12. The van der Waals surface area contributed by atoms with Crippen molar-refractivity contribution in [3.05, 3.63) is 51.7 Å². The van der Waals surface area contributed by atoms with Gasteiger partial charge in [0.1, 0.15) is 11.0 Å². The Morgan fingerprint density at radius 3 is 1.75 bits per heavy atom. The zero-order chi connectivity index (χ0) is 14.7. The van der Waals surface area contributed by atoms with Gasteiger partial charge in [-0.3, -0.25) is 0 Å². The standard InChI is InChI=1S/C12H10N3S.NO3/c13-7-1-3-9-11(5-7)16-12-6-8(14)2-4-10(12)15-9;2-1(3)4/h1-6H,13-14H2;/q+1;-1. The molecule has 3 aromatic rings. The fourth-order valence-electron chi connectivity index (χ4n) is 1.66. The van der Waals surface area contributed by atoms with Crippen LogP contribution in [-0.2, 0) is 0 Å². The molecule has 2 aromatic carbocycles. The first-order chi connectivity index (χ1) is 9.45. The first-order valence-corrected chi connectivity index (χ1v) is 6.27.